The standard InChI is InChI=1S/C24H40O4/c1-17(18-9-5-4-6-10-18)21(25)14-13-20-19(22-15-16-23(20)28-22)11-7-2-3-8-12-24(26)27/h2,7,17-23,25H,3-6,8-16H2,1H3,(H,26,27)/b7-2-/t17?,19-,20+,21?,22-,23+/m1/s1. The number of aliphatic hydroxyl groups is 1. The molecule has 2 bridgehead atoms. The smallest absolute Gasteiger partial charge is 0.303 e. The second-order valence-electron chi connectivity index (χ2n) is 9.51. The number of aliphatic carboxylic acids is 1. The molecule has 2 saturated heterocycles. The van der Waals surface area contributed by atoms with Crippen LogP contribution < -0.4 is 0 Å². The van der Waals surface area contributed by atoms with Crippen LogP contribution in [0.2, 0.25) is 0 Å². The van der Waals surface area contributed by atoms with Crippen LogP contribution in [0.3, 0.4) is 0 Å². The fourth-order valence-electron chi connectivity index (χ4n) is 5.94. The van der Waals surface area contributed by atoms with Crippen LogP contribution in [0.15, 0.2) is 12.2 Å². The van der Waals surface area contributed by atoms with Gasteiger partial charge in [0, 0.05) is 6.42 Å². The predicted molar refractivity (Wildman–Crippen MR) is 111 cm³/mol. The van der Waals surface area contributed by atoms with E-state index in [-0.39, 0.29) is 12.5 Å². The molecule has 160 valence electrons. The number of carboxylic acids is 1. The average Bonchev–Trinajstić information content (AvgIpc) is 3.30. The molecule has 0 spiro atoms. The molecule has 0 aromatic rings. The molecule has 6 atom stereocenters. The Labute approximate surface area is 170 Å². The normalized spacial score (nSPS) is 32.8. The van der Waals surface area contributed by atoms with E-state index in [0.29, 0.717) is 42.3 Å². The molecule has 2 unspecified atom stereocenters. The van der Waals surface area contributed by atoms with Crippen LogP contribution in [0.5, 0.6) is 0 Å². The Morgan fingerprint density at radius 3 is 2.50 bits per heavy atom. The van der Waals surface area contributed by atoms with Crippen LogP contribution in [0.1, 0.15) is 90.4 Å². The topological polar surface area (TPSA) is 66.8 Å². The summed E-state index contributed by atoms with van der Waals surface area (Å²) < 4.78 is 6.22. The molecular formula is C24H40O4. The van der Waals surface area contributed by atoms with Gasteiger partial charge in [0.15, 0.2) is 0 Å². The lowest BCUT2D eigenvalue weighted by molar-refractivity contribution is -0.137. The van der Waals surface area contributed by atoms with Crippen LogP contribution >= 0.6 is 0 Å². The molecule has 0 amide bonds. The molecule has 2 aliphatic heterocycles. The largest absolute Gasteiger partial charge is 0.481 e. The Kier molecular flexibility index (Phi) is 8.40. The third-order valence-electron chi connectivity index (χ3n) is 7.72. The van der Waals surface area contributed by atoms with Crippen molar-refractivity contribution in [1.29, 1.82) is 0 Å². The van der Waals surface area contributed by atoms with Crippen LogP contribution in [0.25, 0.3) is 0 Å². The lowest BCUT2D eigenvalue weighted by Crippen LogP contribution is -2.31. The number of carbonyl (C=O) groups is 1. The zero-order valence-electron chi connectivity index (χ0n) is 17.6. The van der Waals surface area contributed by atoms with E-state index in [1.165, 1.54) is 44.9 Å². The summed E-state index contributed by atoms with van der Waals surface area (Å²) in [7, 11) is 0. The number of aliphatic hydroxyl groups excluding tert-OH is 1. The van der Waals surface area contributed by atoms with Crippen LogP contribution in [-0.4, -0.2) is 34.5 Å². The number of fused-ring (bicyclic) bond motifs is 2. The second kappa shape index (κ2) is 10.8. The Morgan fingerprint density at radius 2 is 1.79 bits per heavy atom. The number of allylic oxidation sites excluding steroid dienone is 2. The highest BCUT2D eigenvalue weighted by Gasteiger charge is 2.47. The highest BCUT2D eigenvalue weighted by Crippen LogP contribution is 2.47. The molecule has 1 saturated carbocycles. The first-order valence-electron chi connectivity index (χ1n) is 11.8. The van der Waals surface area contributed by atoms with Crippen molar-refractivity contribution in [3.63, 3.8) is 0 Å². The number of carboxylic acid groups (broad SMARTS) is 1. The van der Waals surface area contributed by atoms with E-state index in [4.69, 9.17) is 9.84 Å². The summed E-state index contributed by atoms with van der Waals surface area (Å²) in [6.07, 6.45) is 18.8. The Balaban J connectivity index is 1.43. The lowest BCUT2D eigenvalue weighted by Gasteiger charge is -2.33. The summed E-state index contributed by atoms with van der Waals surface area (Å²) >= 11 is 0. The number of hydrogen-bond donors (Lipinski definition) is 2. The summed E-state index contributed by atoms with van der Waals surface area (Å²) in [6.45, 7) is 2.26. The van der Waals surface area contributed by atoms with Crippen molar-refractivity contribution in [3.8, 4) is 0 Å². The first kappa shape index (κ1) is 21.8. The van der Waals surface area contributed by atoms with Gasteiger partial charge in [-0.1, -0.05) is 51.2 Å². The zero-order valence-corrected chi connectivity index (χ0v) is 17.6. The van der Waals surface area contributed by atoms with E-state index in [9.17, 15) is 9.90 Å². The maximum atomic E-state index is 10.8. The van der Waals surface area contributed by atoms with Gasteiger partial charge in [0.2, 0.25) is 0 Å². The first-order chi connectivity index (χ1) is 13.6. The minimum atomic E-state index is -0.712. The number of ether oxygens (including phenoxy) is 1. The molecule has 3 fully saturated rings. The molecule has 3 rings (SSSR count). The van der Waals surface area contributed by atoms with Crippen molar-refractivity contribution in [2.45, 2.75) is 109 Å². The van der Waals surface area contributed by atoms with Crippen molar-refractivity contribution >= 4 is 5.97 Å². The van der Waals surface area contributed by atoms with Crippen molar-refractivity contribution in [3.05, 3.63) is 12.2 Å². The van der Waals surface area contributed by atoms with Gasteiger partial charge in [0.1, 0.15) is 0 Å². The van der Waals surface area contributed by atoms with E-state index in [0.717, 1.165) is 25.7 Å². The maximum Gasteiger partial charge on any atom is 0.303 e. The number of rotatable bonds is 11. The van der Waals surface area contributed by atoms with E-state index in [1.54, 1.807) is 0 Å². The van der Waals surface area contributed by atoms with Gasteiger partial charge in [0.05, 0.1) is 18.3 Å². The SMILES string of the molecule is CC(C(O)CC[C@H]1[C@@H](C/C=C\CCCC(=O)O)[C@H]2CC[C@@H]1O2)C1CCCCC1. The summed E-state index contributed by atoms with van der Waals surface area (Å²) in [4.78, 5) is 10.6. The molecule has 1 aliphatic carbocycles. The monoisotopic (exact) mass is 392 g/mol. The van der Waals surface area contributed by atoms with Crippen LogP contribution in [-0.2, 0) is 9.53 Å². The minimum Gasteiger partial charge on any atom is -0.481 e. The van der Waals surface area contributed by atoms with Gasteiger partial charge in [-0.2, -0.15) is 0 Å². The van der Waals surface area contributed by atoms with Crippen LogP contribution in [0.4, 0.5) is 0 Å². The molecule has 0 aromatic carbocycles. The highest BCUT2D eigenvalue weighted by atomic mass is 16.5. The molecule has 4 nitrogen and oxygen atoms in total. The molecule has 3 aliphatic rings. The molecule has 2 heterocycles. The first-order valence-corrected chi connectivity index (χ1v) is 11.8. The van der Waals surface area contributed by atoms with Gasteiger partial charge < -0.3 is 14.9 Å². The number of hydrogen-bond acceptors (Lipinski definition) is 3. The summed E-state index contributed by atoms with van der Waals surface area (Å²) in [5, 5.41) is 19.5. The van der Waals surface area contributed by atoms with E-state index < -0.39 is 5.97 Å². The third-order valence-corrected chi connectivity index (χ3v) is 7.72. The summed E-state index contributed by atoms with van der Waals surface area (Å²) in [6, 6.07) is 0. The van der Waals surface area contributed by atoms with Gasteiger partial charge >= 0.3 is 5.97 Å². The fourth-order valence-corrected chi connectivity index (χ4v) is 5.94. The van der Waals surface area contributed by atoms with Crippen LogP contribution in [0, 0.1) is 23.7 Å². The molecule has 28 heavy (non-hydrogen) atoms. The highest BCUT2D eigenvalue weighted by molar-refractivity contribution is 5.66. The van der Waals surface area contributed by atoms with Gasteiger partial charge in [-0.3, -0.25) is 4.79 Å². The Bertz CT molecular complexity index is 511. The number of unbranched alkanes of at least 4 members (excludes halogenated alkanes) is 1. The molecule has 0 aromatic heterocycles. The maximum absolute atomic E-state index is 10.8. The Hall–Kier alpha value is -0.870. The molecule has 4 heteroatoms. The summed E-state index contributed by atoms with van der Waals surface area (Å²) in [5.41, 5.74) is 0. The van der Waals surface area contributed by atoms with E-state index in [2.05, 4.69) is 19.1 Å². The molecule has 0 radical (unpaired) electrons. The Morgan fingerprint density at radius 1 is 1.07 bits per heavy atom. The van der Waals surface area contributed by atoms with E-state index >= 15 is 0 Å². The van der Waals surface area contributed by atoms with Gasteiger partial charge in [-0.05, 0) is 68.6 Å². The quantitative estimate of drug-likeness (QED) is 0.368. The molecular weight excluding hydrogens is 352 g/mol. The average molecular weight is 393 g/mol. The van der Waals surface area contributed by atoms with Crippen molar-refractivity contribution < 1.29 is 19.7 Å². The zero-order chi connectivity index (χ0) is 19.9. The van der Waals surface area contributed by atoms with Crippen molar-refractivity contribution in [2.75, 3.05) is 0 Å². The minimum absolute atomic E-state index is 0.172. The van der Waals surface area contributed by atoms with Crippen molar-refractivity contribution in [2.24, 2.45) is 23.7 Å². The third kappa shape index (κ3) is 5.82. The summed E-state index contributed by atoms with van der Waals surface area (Å²) in [5.74, 6) is 1.58. The predicted octanol–water partition coefficient (Wildman–Crippen LogP) is 5.34. The second-order valence-corrected chi connectivity index (χ2v) is 9.51. The lowest BCUT2D eigenvalue weighted by atomic mass is 9.73. The van der Waals surface area contributed by atoms with Crippen molar-refractivity contribution in [1.82, 2.24) is 0 Å². The van der Waals surface area contributed by atoms with Gasteiger partial charge in [-0.15, -0.1) is 0 Å². The van der Waals surface area contributed by atoms with E-state index in [1.807, 2.05) is 0 Å². The molecule has 2 N–H and O–H groups in total. The fraction of sp³-hybridized carbons (Fsp3) is 0.875. The van der Waals surface area contributed by atoms with Gasteiger partial charge in [-0.25, -0.2) is 0 Å². The van der Waals surface area contributed by atoms with Gasteiger partial charge in [0.25, 0.3) is 0 Å².